The van der Waals surface area contributed by atoms with Gasteiger partial charge in [-0.3, -0.25) is 0 Å². The molecular formula is C25H27F2NO. The zero-order valence-corrected chi connectivity index (χ0v) is 16.8. The smallest absolute Gasteiger partial charge is 0.426 e. The largest absolute Gasteiger partial charge is 0.429 e. The van der Waals surface area contributed by atoms with E-state index in [0.717, 1.165) is 37.2 Å². The summed E-state index contributed by atoms with van der Waals surface area (Å²) in [5, 5.41) is 8.79. The highest BCUT2D eigenvalue weighted by Gasteiger charge is 2.34. The molecule has 2 nitrogen and oxygen atoms in total. The van der Waals surface area contributed by atoms with E-state index in [1.54, 1.807) is 0 Å². The number of halogens is 2. The molecule has 152 valence electrons. The lowest BCUT2D eigenvalue weighted by molar-refractivity contribution is -0.185. The van der Waals surface area contributed by atoms with Gasteiger partial charge in [0.05, 0.1) is 17.2 Å². The van der Waals surface area contributed by atoms with Crippen LogP contribution in [0.2, 0.25) is 0 Å². The number of nitrogens with zero attached hydrogens (tertiary/aromatic N) is 1. The molecule has 0 N–H and O–H groups in total. The number of hydrogen-bond acceptors (Lipinski definition) is 2. The first kappa shape index (κ1) is 21.0. The Morgan fingerprint density at radius 2 is 1.66 bits per heavy atom. The van der Waals surface area contributed by atoms with Gasteiger partial charge in [0, 0.05) is 0 Å². The predicted octanol–water partition coefficient (Wildman–Crippen LogP) is 7.32. The lowest BCUT2D eigenvalue weighted by Gasteiger charge is -2.28. The lowest BCUT2D eigenvalue weighted by atomic mass is 9.77. The highest BCUT2D eigenvalue weighted by atomic mass is 19.3. The molecule has 0 bridgehead atoms. The number of benzene rings is 2. The van der Waals surface area contributed by atoms with Crippen LogP contribution >= 0.6 is 0 Å². The molecule has 0 spiro atoms. The van der Waals surface area contributed by atoms with Crippen LogP contribution in [0.25, 0.3) is 0 Å². The molecule has 1 saturated carbocycles. The molecule has 29 heavy (non-hydrogen) atoms. The molecule has 1 aliphatic carbocycles. The van der Waals surface area contributed by atoms with Gasteiger partial charge in [-0.05, 0) is 92.3 Å². The van der Waals surface area contributed by atoms with Gasteiger partial charge in [0.2, 0.25) is 0 Å². The van der Waals surface area contributed by atoms with Gasteiger partial charge in [-0.25, -0.2) is 0 Å². The summed E-state index contributed by atoms with van der Waals surface area (Å²) in [5.41, 5.74) is 1.37. The summed E-state index contributed by atoms with van der Waals surface area (Å²) >= 11 is 0. The average Bonchev–Trinajstić information content (AvgIpc) is 2.75. The van der Waals surface area contributed by atoms with Crippen LogP contribution in [-0.2, 0) is 6.11 Å². The quantitative estimate of drug-likeness (QED) is 0.460. The van der Waals surface area contributed by atoms with Gasteiger partial charge in [-0.2, -0.15) is 14.0 Å². The third-order valence-electron chi connectivity index (χ3n) is 5.67. The zero-order valence-electron chi connectivity index (χ0n) is 16.8. The molecule has 4 heteroatoms. The highest BCUT2D eigenvalue weighted by Crippen LogP contribution is 2.38. The number of rotatable bonds is 7. The van der Waals surface area contributed by atoms with E-state index in [-0.39, 0.29) is 11.3 Å². The molecule has 0 radical (unpaired) electrons. The van der Waals surface area contributed by atoms with Crippen LogP contribution in [0.3, 0.4) is 0 Å². The van der Waals surface area contributed by atoms with Gasteiger partial charge >= 0.3 is 6.11 Å². The van der Waals surface area contributed by atoms with Crippen molar-refractivity contribution in [3.8, 4) is 11.8 Å². The van der Waals surface area contributed by atoms with E-state index in [2.05, 4.69) is 19.1 Å². The molecule has 1 aliphatic rings. The standard InChI is InChI=1S/C25H27F2NO/c1-2-3-4-5-19-6-10-21(11-7-19)22-12-14-23(15-13-22)25(26,27)29-24-16-8-20(18-28)9-17-24/h3-4,8-9,12-17,19,21H,2,5-7,10-11H2,1H3. The van der Waals surface area contributed by atoms with Crippen molar-refractivity contribution in [3.63, 3.8) is 0 Å². The molecule has 0 saturated heterocycles. The molecule has 1 fully saturated rings. The van der Waals surface area contributed by atoms with Crippen LogP contribution in [0, 0.1) is 17.2 Å². The van der Waals surface area contributed by atoms with Crippen molar-refractivity contribution in [3.05, 3.63) is 77.4 Å². The van der Waals surface area contributed by atoms with E-state index in [1.165, 1.54) is 49.2 Å². The number of ether oxygens (including phenoxy) is 1. The summed E-state index contributed by atoms with van der Waals surface area (Å²) in [4.78, 5) is 0. The Balaban J connectivity index is 1.59. The van der Waals surface area contributed by atoms with Crippen molar-refractivity contribution < 1.29 is 13.5 Å². The van der Waals surface area contributed by atoms with Crippen LogP contribution < -0.4 is 4.74 Å². The van der Waals surface area contributed by atoms with Crippen molar-refractivity contribution in [1.82, 2.24) is 0 Å². The fourth-order valence-electron chi connectivity index (χ4n) is 3.94. The third-order valence-corrected chi connectivity index (χ3v) is 5.67. The van der Waals surface area contributed by atoms with Crippen molar-refractivity contribution in [1.29, 1.82) is 5.26 Å². The van der Waals surface area contributed by atoms with Crippen LogP contribution in [0.4, 0.5) is 8.78 Å². The average molecular weight is 395 g/mol. The molecule has 3 rings (SSSR count). The maximum Gasteiger partial charge on any atom is 0.426 e. The van der Waals surface area contributed by atoms with Crippen molar-refractivity contribution in [2.24, 2.45) is 5.92 Å². The van der Waals surface area contributed by atoms with E-state index in [4.69, 9.17) is 10.00 Å². The van der Waals surface area contributed by atoms with Crippen molar-refractivity contribution in [2.45, 2.75) is 57.5 Å². The fraction of sp³-hybridized carbons (Fsp3) is 0.400. The molecule has 0 aliphatic heterocycles. The molecule has 2 aromatic rings. The van der Waals surface area contributed by atoms with Crippen LogP contribution in [0.1, 0.15) is 68.1 Å². The topological polar surface area (TPSA) is 33.0 Å². The summed E-state index contributed by atoms with van der Waals surface area (Å²) in [6.07, 6.45) is 7.94. The third kappa shape index (κ3) is 5.67. The Hall–Kier alpha value is -2.67. The molecular weight excluding hydrogens is 368 g/mol. The normalized spacial score (nSPS) is 19.8. The van der Waals surface area contributed by atoms with Gasteiger partial charge in [0.25, 0.3) is 0 Å². The molecule has 0 aromatic heterocycles. The molecule has 0 atom stereocenters. The Bertz CT molecular complexity index is 842. The fourth-order valence-corrected chi connectivity index (χ4v) is 3.94. The minimum Gasteiger partial charge on any atom is -0.429 e. The first-order valence-corrected chi connectivity index (χ1v) is 10.3. The summed E-state index contributed by atoms with van der Waals surface area (Å²) in [5.74, 6) is 1.23. The summed E-state index contributed by atoms with van der Waals surface area (Å²) < 4.78 is 33.9. The number of alkyl halides is 2. The highest BCUT2D eigenvalue weighted by molar-refractivity contribution is 5.35. The van der Waals surface area contributed by atoms with E-state index in [0.29, 0.717) is 11.5 Å². The van der Waals surface area contributed by atoms with Crippen molar-refractivity contribution in [2.75, 3.05) is 0 Å². The van der Waals surface area contributed by atoms with Gasteiger partial charge in [0.15, 0.2) is 0 Å². The predicted molar refractivity (Wildman–Crippen MR) is 111 cm³/mol. The van der Waals surface area contributed by atoms with E-state index >= 15 is 0 Å². The maximum absolute atomic E-state index is 14.5. The lowest BCUT2D eigenvalue weighted by Crippen LogP contribution is -2.22. The molecule has 0 unspecified atom stereocenters. The first-order chi connectivity index (χ1) is 14.0. The second-order valence-corrected chi connectivity index (χ2v) is 7.71. The van der Waals surface area contributed by atoms with Gasteiger partial charge in [-0.1, -0.05) is 31.2 Å². The zero-order chi connectivity index (χ0) is 20.7. The van der Waals surface area contributed by atoms with Crippen LogP contribution in [-0.4, -0.2) is 0 Å². The SMILES string of the molecule is CCC=CCC1CCC(c2ccc(C(F)(F)Oc3ccc(C#N)cc3)cc2)CC1. The molecule has 0 heterocycles. The molecule has 2 aromatic carbocycles. The monoisotopic (exact) mass is 395 g/mol. The summed E-state index contributed by atoms with van der Waals surface area (Å²) in [7, 11) is 0. The summed E-state index contributed by atoms with van der Waals surface area (Å²) in [6, 6.07) is 14.2. The van der Waals surface area contributed by atoms with Crippen LogP contribution in [0.5, 0.6) is 5.75 Å². The number of allylic oxidation sites excluding steroid dienone is 2. The minimum absolute atomic E-state index is 0.0357. The second kappa shape index (κ2) is 9.69. The number of hydrogen-bond donors (Lipinski definition) is 0. The van der Waals surface area contributed by atoms with Gasteiger partial charge in [0.1, 0.15) is 5.75 Å². The van der Waals surface area contributed by atoms with Gasteiger partial charge in [-0.15, -0.1) is 0 Å². The minimum atomic E-state index is -3.42. The first-order valence-electron chi connectivity index (χ1n) is 10.3. The molecule has 0 amide bonds. The Morgan fingerprint density at radius 1 is 1.00 bits per heavy atom. The van der Waals surface area contributed by atoms with E-state index in [1.807, 2.05) is 18.2 Å². The Morgan fingerprint density at radius 3 is 2.24 bits per heavy atom. The van der Waals surface area contributed by atoms with E-state index < -0.39 is 6.11 Å². The Labute approximate surface area is 171 Å². The number of nitriles is 1. The van der Waals surface area contributed by atoms with E-state index in [9.17, 15) is 8.78 Å². The second-order valence-electron chi connectivity index (χ2n) is 7.71. The Kier molecular flexibility index (Phi) is 7.04. The maximum atomic E-state index is 14.5. The van der Waals surface area contributed by atoms with Crippen molar-refractivity contribution >= 4 is 0 Å². The summed E-state index contributed by atoms with van der Waals surface area (Å²) in [6.45, 7) is 2.15. The van der Waals surface area contributed by atoms with Crippen LogP contribution in [0.15, 0.2) is 60.7 Å². The van der Waals surface area contributed by atoms with Gasteiger partial charge < -0.3 is 4.74 Å².